The van der Waals surface area contributed by atoms with Crippen molar-refractivity contribution < 1.29 is 4.74 Å². The summed E-state index contributed by atoms with van der Waals surface area (Å²) in [6.45, 7) is 8.82. The van der Waals surface area contributed by atoms with Crippen molar-refractivity contribution in [2.75, 3.05) is 7.05 Å². The summed E-state index contributed by atoms with van der Waals surface area (Å²) in [5.74, 6) is 1.64. The fourth-order valence-electron chi connectivity index (χ4n) is 3.36. The average Bonchev–Trinajstić information content (AvgIpc) is 2.38. The van der Waals surface area contributed by atoms with Crippen molar-refractivity contribution in [2.24, 2.45) is 5.41 Å². The highest BCUT2D eigenvalue weighted by Gasteiger charge is 2.49. The molecule has 0 bridgehead atoms. The molecular weight excluding hydrogens is 234 g/mol. The van der Waals surface area contributed by atoms with Crippen LogP contribution in [0.25, 0.3) is 0 Å². The van der Waals surface area contributed by atoms with Crippen molar-refractivity contribution in [3.63, 3.8) is 0 Å². The Morgan fingerprint density at radius 3 is 2.42 bits per heavy atom. The molecule has 3 unspecified atom stereocenters. The molecule has 0 amide bonds. The Morgan fingerprint density at radius 1 is 1.32 bits per heavy atom. The first-order valence-electron chi connectivity index (χ1n) is 7.45. The summed E-state index contributed by atoms with van der Waals surface area (Å²) in [6.07, 6.45) is 2.70. The van der Waals surface area contributed by atoms with Crippen LogP contribution in [-0.4, -0.2) is 19.2 Å². The first-order valence-corrected chi connectivity index (χ1v) is 7.45. The maximum Gasteiger partial charge on any atom is 0.119 e. The van der Waals surface area contributed by atoms with E-state index in [1.807, 2.05) is 0 Å². The Morgan fingerprint density at radius 2 is 1.95 bits per heavy atom. The van der Waals surface area contributed by atoms with Crippen LogP contribution in [0.5, 0.6) is 5.75 Å². The monoisotopic (exact) mass is 261 g/mol. The van der Waals surface area contributed by atoms with E-state index in [1.165, 1.54) is 18.4 Å². The van der Waals surface area contributed by atoms with Gasteiger partial charge in [0.15, 0.2) is 0 Å². The first kappa shape index (κ1) is 14.4. The maximum absolute atomic E-state index is 5.71. The number of ether oxygens (including phenoxy) is 1. The number of hydrogen-bond acceptors (Lipinski definition) is 2. The van der Waals surface area contributed by atoms with Crippen LogP contribution >= 0.6 is 0 Å². The van der Waals surface area contributed by atoms with Crippen molar-refractivity contribution in [1.82, 2.24) is 5.32 Å². The highest BCUT2D eigenvalue weighted by molar-refractivity contribution is 5.33. The minimum absolute atomic E-state index is 0.240. The van der Waals surface area contributed by atoms with Gasteiger partial charge in [-0.2, -0.15) is 0 Å². The summed E-state index contributed by atoms with van der Waals surface area (Å²) in [5, 5.41) is 3.46. The molecule has 1 aromatic rings. The predicted octanol–water partition coefficient (Wildman–Crippen LogP) is 3.97. The lowest BCUT2D eigenvalue weighted by molar-refractivity contribution is 0.0494. The molecular formula is C17H27NO. The third-order valence-electron chi connectivity index (χ3n) is 4.83. The second-order valence-corrected chi connectivity index (χ2v) is 6.22. The van der Waals surface area contributed by atoms with Gasteiger partial charge in [-0.25, -0.2) is 0 Å². The number of nitrogens with one attached hydrogen (secondary N) is 1. The van der Waals surface area contributed by atoms with E-state index in [4.69, 9.17) is 4.74 Å². The fourth-order valence-corrected chi connectivity index (χ4v) is 3.36. The van der Waals surface area contributed by atoms with Gasteiger partial charge in [-0.05, 0) is 62.8 Å². The molecule has 2 heteroatoms. The molecule has 1 N–H and O–H groups in total. The minimum atomic E-state index is 0.240. The van der Waals surface area contributed by atoms with Crippen LogP contribution < -0.4 is 10.1 Å². The van der Waals surface area contributed by atoms with Gasteiger partial charge in [0, 0.05) is 6.04 Å². The number of hydrogen-bond donors (Lipinski definition) is 1. The number of benzene rings is 1. The van der Waals surface area contributed by atoms with E-state index in [0.29, 0.717) is 17.4 Å². The van der Waals surface area contributed by atoms with Gasteiger partial charge in [-0.1, -0.05) is 26.0 Å². The van der Waals surface area contributed by atoms with Gasteiger partial charge in [0.05, 0.1) is 6.10 Å². The largest absolute Gasteiger partial charge is 0.491 e. The molecule has 1 fully saturated rings. The third-order valence-corrected chi connectivity index (χ3v) is 4.83. The molecule has 1 aliphatic rings. The lowest BCUT2D eigenvalue weighted by Gasteiger charge is -2.54. The zero-order valence-corrected chi connectivity index (χ0v) is 12.9. The Bertz CT molecular complexity index is 412. The van der Waals surface area contributed by atoms with E-state index in [9.17, 15) is 0 Å². The second kappa shape index (κ2) is 5.54. The van der Waals surface area contributed by atoms with E-state index in [0.717, 1.165) is 5.75 Å². The molecule has 0 saturated heterocycles. The van der Waals surface area contributed by atoms with Crippen molar-refractivity contribution in [2.45, 2.75) is 58.6 Å². The molecule has 0 aliphatic heterocycles. The minimum Gasteiger partial charge on any atom is -0.491 e. The fraction of sp³-hybridized carbons (Fsp3) is 0.647. The molecule has 1 aromatic carbocycles. The lowest BCUT2D eigenvalue weighted by Crippen LogP contribution is -2.55. The molecule has 0 spiro atoms. The zero-order valence-electron chi connectivity index (χ0n) is 12.9. The van der Waals surface area contributed by atoms with Crippen molar-refractivity contribution in [3.05, 3.63) is 29.8 Å². The summed E-state index contributed by atoms with van der Waals surface area (Å²) in [4.78, 5) is 0. The molecule has 19 heavy (non-hydrogen) atoms. The summed E-state index contributed by atoms with van der Waals surface area (Å²) < 4.78 is 5.71. The van der Waals surface area contributed by atoms with Gasteiger partial charge in [-0.3, -0.25) is 0 Å². The Hall–Kier alpha value is -1.02. The summed E-state index contributed by atoms with van der Waals surface area (Å²) >= 11 is 0. The molecule has 0 aromatic heterocycles. The summed E-state index contributed by atoms with van der Waals surface area (Å²) in [5.41, 5.74) is 1.83. The molecule has 2 rings (SSSR count). The highest BCUT2D eigenvalue weighted by atomic mass is 16.5. The van der Waals surface area contributed by atoms with Gasteiger partial charge in [-0.15, -0.1) is 0 Å². The molecule has 2 nitrogen and oxygen atoms in total. The molecule has 0 radical (unpaired) electrons. The van der Waals surface area contributed by atoms with Crippen molar-refractivity contribution in [3.8, 4) is 5.75 Å². The summed E-state index contributed by atoms with van der Waals surface area (Å²) in [6, 6.07) is 9.34. The molecule has 3 atom stereocenters. The van der Waals surface area contributed by atoms with Crippen LogP contribution in [0.15, 0.2) is 24.3 Å². The van der Waals surface area contributed by atoms with Crippen LogP contribution in [0, 0.1) is 5.41 Å². The molecule has 1 saturated carbocycles. The second-order valence-electron chi connectivity index (χ2n) is 6.22. The molecule has 0 heterocycles. The zero-order chi connectivity index (χ0) is 14.0. The van der Waals surface area contributed by atoms with E-state index in [1.54, 1.807) is 0 Å². The van der Waals surface area contributed by atoms with Gasteiger partial charge in [0.2, 0.25) is 0 Å². The average molecular weight is 261 g/mol. The van der Waals surface area contributed by atoms with Crippen LogP contribution in [0.1, 0.15) is 52.0 Å². The van der Waals surface area contributed by atoms with Crippen LogP contribution in [0.2, 0.25) is 0 Å². The van der Waals surface area contributed by atoms with E-state index in [-0.39, 0.29) is 6.10 Å². The van der Waals surface area contributed by atoms with Crippen molar-refractivity contribution >= 4 is 0 Å². The molecule has 1 aliphatic carbocycles. The van der Waals surface area contributed by atoms with Crippen LogP contribution in [0.4, 0.5) is 0 Å². The maximum atomic E-state index is 5.71. The van der Waals surface area contributed by atoms with Gasteiger partial charge < -0.3 is 10.1 Å². The number of rotatable bonds is 5. The van der Waals surface area contributed by atoms with E-state index >= 15 is 0 Å². The third kappa shape index (κ3) is 2.64. The first-order chi connectivity index (χ1) is 9.01. The highest BCUT2D eigenvalue weighted by Crippen LogP contribution is 2.54. The standard InChI is InChI=1S/C17H27NO/c1-6-17(4)15(11-16(17)18-5)13-7-9-14(10-8-13)19-12(2)3/h7-10,12,15-16,18H,6,11H2,1-5H3. The van der Waals surface area contributed by atoms with Crippen molar-refractivity contribution in [1.29, 1.82) is 0 Å². The summed E-state index contributed by atoms with van der Waals surface area (Å²) in [7, 11) is 2.08. The lowest BCUT2D eigenvalue weighted by atomic mass is 9.54. The Labute approximate surface area is 117 Å². The Balaban J connectivity index is 2.11. The van der Waals surface area contributed by atoms with E-state index in [2.05, 4.69) is 64.3 Å². The normalized spacial score (nSPS) is 30.2. The Kier molecular flexibility index (Phi) is 4.19. The topological polar surface area (TPSA) is 21.3 Å². The van der Waals surface area contributed by atoms with Gasteiger partial charge in [0.1, 0.15) is 5.75 Å². The van der Waals surface area contributed by atoms with E-state index < -0.39 is 0 Å². The van der Waals surface area contributed by atoms with Gasteiger partial charge in [0.25, 0.3) is 0 Å². The van der Waals surface area contributed by atoms with Crippen LogP contribution in [-0.2, 0) is 0 Å². The SMILES string of the molecule is CCC1(C)C(NC)CC1c1ccc(OC(C)C)cc1. The predicted molar refractivity (Wildman–Crippen MR) is 80.8 cm³/mol. The molecule has 106 valence electrons. The van der Waals surface area contributed by atoms with Crippen LogP contribution in [0.3, 0.4) is 0 Å². The smallest absolute Gasteiger partial charge is 0.119 e. The van der Waals surface area contributed by atoms with Gasteiger partial charge >= 0.3 is 0 Å². The quantitative estimate of drug-likeness (QED) is 0.866.